The van der Waals surface area contributed by atoms with E-state index >= 15 is 0 Å². The van der Waals surface area contributed by atoms with Crippen LogP contribution in [0.25, 0.3) is 11.1 Å². The average Bonchev–Trinajstić information content (AvgIpc) is 3.87. The zero-order chi connectivity index (χ0) is 53.1. The van der Waals surface area contributed by atoms with Crippen molar-refractivity contribution in [2.24, 2.45) is 0 Å². The number of nitrogens with zero attached hydrogens (tertiary/aromatic N) is 4. The molecule has 0 aliphatic heterocycles. The zero-order valence-corrected chi connectivity index (χ0v) is 44.3. The van der Waals surface area contributed by atoms with E-state index in [0.29, 0.717) is 0 Å². The fourth-order valence-electron chi connectivity index (χ4n) is 12.0. The first-order chi connectivity index (χ1) is 39.0. The fourth-order valence-corrected chi connectivity index (χ4v) is 12.0. The van der Waals surface area contributed by atoms with Crippen LogP contribution in [-0.2, 0) is 5.41 Å². The lowest BCUT2D eigenvalue weighted by Gasteiger charge is -2.38. The first-order valence-corrected chi connectivity index (χ1v) is 27.2. The van der Waals surface area contributed by atoms with E-state index in [9.17, 15) is 0 Å². The van der Waals surface area contributed by atoms with E-state index in [0.717, 1.165) is 73.8 Å². The molecule has 13 rings (SSSR count). The van der Waals surface area contributed by atoms with Crippen LogP contribution in [0.5, 0.6) is 0 Å². The molecule has 79 heavy (non-hydrogen) atoms. The molecule has 0 amide bonds. The number of hydrogen-bond donors (Lipinski definition) is 0. The van der Waals surface area contributed by atoms with Crippen LogP contribution in [-0.4, -0.2) is 0 Å². The summed E-state index contributed by atoms with van der Waals surface area (Å²) in [5.41, 5.74) is 21.5. The predicted octanol–water partition coefficient (Wildman–Crippen LogP) is 20.5. The van der Waals surface area contributed by atoms with Crippen molar-refractivity contribution in [2.45, 2.75) is 19.3 Å². The highest BCUT2D eigenvalue weighted by molar-refractivity contribution is 5.93. The van der Waals surface area contributed by atoms with Gasteiger partial charge in [-0.25, -0.2) is 0 Å². The minimum absolute atomic E-state index is 0.904. The molecule has 0 saturated heterocycles. The van der Waals surface area contributed by atoms with Gasteiger partial charge in [-0.15, -0.1) is 0 Å². The maximum absolute atomic E-state index is 2.49. The summed E-state index contributed by atoms with van der Waals surface area (Å²) in [5, 5.41) is 0. The molecule has 1 aliphatic rings. The van der Waals surface area contributed by atoms with Crippen LogP contribution in [0.2, 0.25) is 0 Å². The van der Waals surface area contributed by atoms with Gasteiger partial charge in [-0.2, -0.15) is 0 Å². The molecule has 0 saturated carbocycles. The smallest absolute Gasteiger partial charge is 0.0719 e. The normalized spacial score (nSPS) is 12.0. The Balaban J connectivity index is 1.16. The van der Waals surface area contributed by atoms with Crippen molar-refractivity contribution in [1.82, 2.24) is 0 Å². The Labute approximate surface area is 464 Å². The van der Waals surface area contributed by atoms with Crippen molar-refractivity contribution < 1.29 is 0 Å². The molecule has 378 valence electrons. The summed E-state index contributed by atoms with van der Waals surface area (Å²) < 4.78 is 0. The van der Waals surface area contributed by atoms with Gasteiger partial charge in [0.1, 0.15) is 0 Å². The predicted molar refractivity (Wildman–Crippen MR) is 332 cm³/mol. The molecule has 0 aromatic heterocycles. The topological polar surface area (TPSA) is 13.0 Å². The molecule has 0 radical (unpaired) electrons. The van der Waals surface area contributed by atoms with Gasteiger partial charge in [0.25, 0.3) is 0 Å². The maximum Gasteiger partial charge on any atom is 0.0719 e. The van der Waals surface area contributed by atoms with E-state index < -0.39 is 5.41 Å². The largest absolute Gasteiger partial charge is 0.310 e. The second-order valence-electron chi connectivity index (χ2n) is 20.3. The van der Waals surface area contributed by atoms with Crippen LogP contribution in [0.15, 0.2) is 315 Å². The number of para-hydroxylation sites is 7. The number of fused-ring (bicyclic) bond motifs is 3. The molecule has 4 heteroatoms. The molecule has 0 unspecified atom stereocenters. The Morgan fingerprint density at radius 1 is 0.215 bits per heavy atom. The standard InChI is InChI=1S/C75H58N4/c1-55-26-24-42-65(50-55)79(64-40-22-9-23-41-64)66-43-25-27-57(51-66)75(72-52-67(45-44-56(72)2)76(58-28-10-3-11-29-58)59-30-12-4-13-31-59)73-53-68(77(60-32-14-5-15-33-60)61-34-16-6-17-35-61)46-48-70(73)71-49-47-69(54-74(71)75)78(62-36-18-7-19-37-62)63-38-20-8-21-39-63/h3-54H,1-2H3. The summed E-state index contributed by atoms with van der Waals surface area (Å²) in [6.45, 7) is 4.47. The van der Waals surface area contributed by atoms with Crippen LogP contribution >= 0.6 is 0 Å². The summed E-state index contributed by atoms with van der Waals surface area (Å²) in [5.74, 6) is 0. The van der Waals surface area contributed by atoms with E-state index in [-0.39, 0.29) is 0 Å². The van der Waals surface area contributed by atoms with Gasteiger partial charge >= 0.3 is 0 Å². The number of hydrogen-bond acceptors (Lipinski definition) is 4. The highest BCUT2D eigenvalue weighted by atomic mass is 15.2. The van der Waals surface area contributed by atoms with Gasteiger partial charge in [0.05, 0.1) is 5.41 Å². The number of aryl methyl sites for hydroxylation is 2. The molecule has 0 atom stereocenters. The molecule has 0 bridgehead atoms. The van der Waals surface area contributed by atoms with Crippen molar-refractivity contribution in [3.63, 3.8) is 0 Å². The minimum atomic E-state index is -0.904. The van der Waals surface area contributed by atoms with E-state index in [1.165, 1.54) is 38.9 Å². The lowest BCUT2D eigenvalue weighted by Crippen LogP contribution is -2.31. The van der Waals surface area contributed by atoms with Gasteiger partial charge in [0, 0.05) is 68.2 Å². The van der Waals surface area contributed by atoms with Crippen LogP contribution in [0.3, 0.4) is 0 Å². The Morgan fingerprint density at radius 2 is 0.494 bits per heavy atom. The molecule has 0 fully saturated rings. The van der Waals surface area contributed by atoms with Crippen molar-refractivity contribution in [3.05, 3.63) is 349 Å². The number of anilines is 12. The van der Waals surface area contributed by atoms with Crippen molar-refractivity contribution >= 4 is 68.2 Å². The molecule has 0 heterocycles. The molecule has 1 aliphatic carbocycles. The number of benzene rings is 12. The summed E-state index contributed by atoms with van der Waals surface area (Å²) in [7, 11) is 0. The summed E-state index contributed by atoms with van der Waals surface area (Å²) in [6, 6.07) is 115. The van der Waals surface area contributed by atoms with E-state index in [1.54, 1.807) is 0 Å². The third kappa shape index (κ3) is 8.99. The van der Waals surface area contributed by atoms with E-state index in [2.05, 4.69) is 349 Å². The molecule has 0 spiro atoms. The van der Waals surface area contributed by atoms with Gasteiger partial charge in [-0.05, 0) is 204 Å². The van der Waals surface area contributed by atoms with Crippen molar-refractivity contribution in [3.8, 4) is 11.1 Å². The van der Waals surface area contributed by atoms with Gasteiger partial charge in [-0.3, -0.25) is 0 Å². The monoisotopic (exact) mass is 1010 g/mol. The van der Waals surface area contributed by atoms with E-state index in [4.69, 9.17) is 0 Å². The molecule has 12 aromatic carbocycles. The Kier molecular flexibility index (Phi) is 13.0. The quantitative estimate of drug-likeness (QED) is 0.108. The molecular formula is C75H58N4. The van der Waals surface area contributed by atoms with Crippen molar-refractivity contribution in [1.29, 1.82) is 0 Å². The fraction of sp³-hybridized carbons (Fsp3) is 0.0400. The van der Waals surface area contributed by atoms with Gasteiger partial charge in [-0.1, -0.05) is 170 Å². The zero-order valence-electron chi connectivity index (χ0n) is 44.3. The summed E-state index contributed by atoms with van der Waals surface area (Å²) >= 11 is 0. The maximum atomic E-state index is 2.49. The number of rotatable bonds is 14. The van der Waals surface area contributed by atoms with Crippen LogP contribution in [0, 0.1) is 13.8 Å². The van der Waals surface area contributed by atoms with Crippen LogP contribution in [0.1, 0.15) is 33.4 Å². The van der Waals surface area contributed by atoms with Crippen LogP contribution in [0.4, 0.5) is 68.2 Å². The minimum Gasteiger partial charge on any atom is -0.310 e. The van der Waals surface area contributed by atoms with Crippen LogP contribution < -0.4 is 19.6 Å². The Hall–Kier alpha value is -10.2. The SMILES string of the molecule is Cc1cccc(N(c2ccccc2)c2cccc(C3(c4cc(N(c5ccccc5)c5ccccc5)ccc4C)c4cc(N(c5ccccc5)c5ccccc5)ccc4-c4ccc(N(c5ccccc5)c5ccccc5)cc43)c2)c1. The third-order valence-electron chi connectivity index (χ3n) is 15.4. The highest BCUT2D eigenvalue weighted by Crippen LogP contribution is 2.60. The van der Waals surface area contributed by atoms with Gasteiger partial charge in [0.2, 0.25) is 0 Å². The molecular weight excluding hydrogens is 957 g/mol. The molecule has 4 nitrogen and oxygen atoms in total. The van der Waals surface area contributed by atoms with Gasteiger partial charge in [0.15, 0.2) is 0 Å². The molecule has 12 aromatic rings. The van der Waals surface area contributed by atoms with Crippen molar-refractivity contribution in [2.75, 3.05) is 19.6 Å². The average molecular weight is 1020 g/mol. The second kappa shape index (κ2) is 21.1. The first-order valence-electron chi connectivity index (χ1n) is 27.2. The third-order valence-corrected chi connectivity index (χ3v) is 15.4. The lowest BCUT2D eigenvalue weighted by atomic mass is 9.66. The summed E-state index contributed by atoms with van der Waals surface area (Å²) in [4.78, 5) is 9.59. The van der Waals surface area contributed by atoms with Gasteiger partial charge < -0.3 is 19.6 Å². The second-order valence-corrected chi connectivity index (χ2v) is 20.3. The Bertz CT molecular complexity index is 3790. The lowest BCUT2D eigenvalue weighted by molar-refractivity contribution is 0.761. The summed E-state index contributed by atoms with van der Waals surface area (Å²) in [6.07, 6.45) is 0. The first kappa shape index (κ1) is 48.5. The Morgan fingerprint density at radius 3 is 0.848 bits per heavy atom. The highest BCUT2D eigenvalue weighted by Gasteiger charge is 2.48. The van der Waals surface area contributed by atoms with E-state index in [1.807, 2.05) is 0 Å². The molecule has 0 N–H and O–H groups in total.